The minimum atomic E-state index is -0.637. The van der Waals surface area contributed by atoms with E-state index < -0.39 is 18.5 Å². The number of amides is 1. The number of nitriles is 1. The first-order valence-corrected chi connectivity index (χ1v) is 10.8. The summed E-state index contributed by atoms with van der Waals surface area (Å²) in [5.74, 6) is -1.14. The predicted octanol–water partition coefficient (Wildman–Crippen LogP) is 2.85. The van der Waals surface area contributed by atoms with E-state index in [-0.39, 0.29) is 12.0 Å². The van der Waals surface area contributed by atoms with Gasteiger partial charge in [0.2, 0.25) is 0 Å². The van der Waals surface area contributed by atoms with Gasteiger partial charge in [-0.05, 0) is 37.3 Å². The Morgan fingerprint density at radius 2 is 1.97 bits per heavy atom. The molecule has 31 heavy (non-hydrogen) atoms. The highest BCUT2D eigenvalue weighted by molar-refractivity contribution is 7.16. The molecule has 0 saturated carbocycles. The van der Waals surface area contributed by atoms with E-state index in [1.54, 1.807) is 24.3 Å². The second kappa shape index (κ2) is 9.10. The Hall–Kier alpha value is -3.51. The van der Waals surface area contributed by atoms with E-state index in [0.29, 0.717) is 27.0 Å². The molecular formula is C22H20N4O4S. The van der Waals surface area contributed by atoms with Gasteiger partial charge in [-0.25, -0.2) is 5.10 Å². The van der Waals surface area contributed by atoms with Gasteiger partial charge in [-0.2, -0.15) is 10.4 Å². The molecule has 2 N–H and O–H groups in total. The fraction of sp³-hybridized carbons (Fsp3) is 0.318. The van der Waals surface area contributed by atoms with Crippen LogP contribution in [0.2, 0.25) is 0 Å². The first-order chi connectivity index (χ1) is 15.1. The van der Waals surface area contributed by atoms with E-state index in [0.717, 1.165) is 42.5 Å². The van der Waals surface area contributed by atoms with Crippen molar-refractivity contribution >= 4 is 39.0 Å². The number of esters is 1. The summed E-state index contributed by atoms with van der Waals surface area (Å²) in [5, 5.41) is 20.1. The SMILES string of the molecule is N#Cc1c(NC(=O)COC(=O)Cc2n[nH]c(=O)c3ccccc23)sc2c1CCCCC2. The molecule has 0 bridgehead atoms. The Morgan fingerprint density at radius 1 is 1.19 bits per heavy atom. The number of benzene rings is 1. The summed E-state index contributed by atoms with van der Waals surface area (Å²) in [4.78, 5) is 37.5. The van der Waals surface area contributed by atoms with Crippen LogP contribution >= 0.6 is 11.3 Å². The molecule has 8 nitrogen and oxygen atoms in total. The molecule has 0 radical (unpaired) electrons. The van der Waals surface area contributed by atoms with Gasteiger partial charge in [-0.3, -0.25) is 14.4 Å². The van der Waals surface area contributed by atoms with Crippen molar-refractivity contribution in [2.75, 3.05) is 11.9 Å². The Labute approximate surface area is 181 Å². The summed E-state index contributed by atoms with van der Waals surface area (Å²) in [6.45, 7) is -0.465. The lowest BCUT2D eigenvalue weighted by molar-refractivity contribution is -0.146. The Bertz CT molecular complexity index is 1250. The van der Waals surface area contributed by atoms with E-state index in [1.165, 1.54) is 11.3 Å². The summed E-state index contributed by atoms with van der Waals surface area (Å²) < 4.78 is 5.09. The fourth-order valence-electron chi connectivity index (χ4n) is 3.75. The summed E-state index contributed by atoms with van der Waals surface area (Å²) in [5.41, 5.74) is 1.59. The van der Waals surface area contributed by atoms with Gasteiger partial charge in [0.05, 0.1) is 23.1 Å². The van der Waals surface area contributed by atoms with Gasteiger partial charge >= 0.3 is 5.97 Å². The van der Waals surface area contributed by atoms with Crippen LogP contribution in [0.5, 0.6) is 0 Å². The number of hydrogen-bond donors (Lipinski definition) is 2. The highest BCUT2D eigenvalue weighted by atomic mass is 32.1. The molecule has 2 aromatic heterocycles. The minimum Gasteiger partial charge on any atom is -0.455 e. The quantitative estimate of drug-likeness (QED) is 0.468. The lowest BCUT2D eigenvalue weighted by atomic mass is 10.1. The zero-order valence-corrected chi connectivity index (χ0v) is 17.5. The second-order valence-electron chi connectivity index (χ2n) is 7.31. The first kappa shape index (κ1) is 20.8. The van der Waals surface area contributed by atoms with Crippen molar-refractivity contribution in [2.24, 2.45) is 0 Å². The Balaban J connectivity index is 1.39. The molecule has 9 heteroatoms. The highest BCUT2D eigenvalue weighted by Crippen LogP contribution is 2.36. The minimum absolute atomic E-state index is 0.179. The summed E-state index contributed by atoms with van der Waals surface area (Å²) in [7, 11) is 0. The van der Waals surface area contributed by atoms with E-state index in [2.05, 4.69) is 21.6 Å². The van der Waals surface area contributed by atoms with Crippen LogP contribution in [-0.2, 0) is 33.6 Å². The third kappa shape index (κ3) is 4.49. The number of aryl methyl sites for hydroxylation is 1. The van der Waals surface area contributed by atoms with Crippen molar-refractivity contribution in [1.82, 2.24) is 10.2 Å². The third-order valence-electron chi connectivity index (χ3n) is 5.24. The van der Waals surface area contributed by atoms with Gasteiger partial charge in [-0.1, -0.05) is 24.6 Å². The van der Waals surface area contributed by atoms with Crippen LogP contribution in [0.3, 0.4) is 0 Å². The van der Waals surface area contributed by atoms with Crippen molar-refractivity contribution in [3.05, 3.63) is 56.3 Å². The number of aromatic nitrogens is 2. The zero-order chi connectivity index (χ0) is 21.8. The number of ether oxygens (including phenoxy) is 1. The first-order valence-electron chi connectivity index (χ1n) is 10.0. The summed E-state index contributed by atoms with van der Waals surface area (Å²) >= 11 is 1.43. The van der Waals surface area contributed by atoms with Gasteiger partial charge in [0.25, 0.3) is 11.5 Å². The molecule has 3 aromatic rings. The number of rotatable bonds is 5. The van der Waals surface area contributed by atoms with Crippen LogP contribution in [0.4, 0.5) is 5.00 Å². The fourth-order valence-corrected chi connectivity index (χ4v) is 5.01. The molecule has 0 saturated heterocycles. The van der Waals surface area contributed by atoms with Crippen molar-refractivity contribution in [1.29, 1.82) is 5.26 Å². The molecule has 1 aliphatic carbocycles. The molecule has 1 aliphatic rings. The van der Waals surface area contributed by atoms with Crippen LogP contribution in [0.1, 0.15) is 41.0 Å². The molecule has 4 rings (SSSR count). The molecule has 158 valence electrons. The number of nitrogens with one attached hydrogen (secondary N) is 2. The summed E-state index contributed by atoms with van der Waals surface area (Å²) in [6, 6.07) is 9.04. The number of aromatic amines is 1. The van der Waals surface area contributed by atoms with Crippen molar-refractivity contribution in [3.8, 4) is 6.07 Å². The molecule has 0 atom stereocenters. The number of thiophene rings is 1. The Kier molecular flexibility index (Phi) is 6.09. The maximum Gasteiger partial charge on any atom is 0.312 e. The molecule has 1 amide bonds. The van der Waals surface area contributed by atoms with Gasteiger partial charge in [-0.15, -0.1) is 11.3 Å². The average Bonchev–Trinajstić information content (AvgIpc) is 2.93. The number of hydrogen-bond acceptors (Lipinski definition) is 7. The van der Waals surface area contributed by atoms with Crippen LogP contribution < -0.4 is 10.9 Å². The van der Waals surface area contributed by atoms with Crippen LogP contribution in [0, 0.1) is 11.3 Å². The standard InChI is InChI=1S/C22H20N4O4S/c23-11-16-14-7-2-1-3-9-18(14)31-22(16)24-19(27)12-30-20(28)10-17-13-6-4-5-8-15(13)21(29)26-25-17/h4-6,8H,1-3,7,9-10,12H2,(H,24,27)(H,26,29). The number of anilines is 1. The normalized spacial score (nSPS) is 13.1. The van der Waals surface area contributed by atoms with Crippen molar-refractivity contribution < 1.29 is 14.3 Å². The molecule has 0 unspecified atom stereocenters. The van der Waals surface area contributed by atoms with E-state index in [4.69, 9.17) is 4.74 Å². The molecule has 1 aromatic carbocycles. The van der Waals surface area contributed by atoms with E-state index >= 15 is 0 Å². The maximum atomic E-state index is 12.3. The Morgan fingerprint density at radius 3 is 2.77 bits per heavy atom. The van der Waals surface area contributed by atoms with Crippen LogP contribution in [0.25, 0.3) is 10.8 Å². The monoisotopic (exact) mass is 436 g/mol. The number of H-pyrrole nitrogens is 1. The maximum absolute atomic E-state index is 12.3. The molecular weight excluding hydrogens is 416 g/mol. The highest BCUT2D eigenvalue weighted by Gasteiger charge is 2.21. The average molecular weight is 436 g/mol. The zero-order valence-electron chi connectivity index (χ0n) is 16.7. The lowest BCUT2D eigenvalue weighted by Gasteiger charge is -2.07. The van der Waals surface area contributed by atoms with E-state index in [1.807, 2.05) is 0 Å². The van der Waals surface area contributed by atoms with Gasteiger partial charge in [0.15, 0.2) is 6.61 Å². The van der Waals surface area contributed by atoms with Crippen molar-refractivity contribution in [2.45, 2.75) is 38.5 Å². The molecule has 0 aliphatic heterocycles. The van der Waals surface area contributed by atoms with Gasteiger partial charge in [0.1, 0.15) is 11.1 Å². The number of nitrogens with zero attached hydrogens (tertiary/aromatic N) is 2. The number of fused-ring (bicyclic) bond motifs is 2. The molecule has 0 fully saturated rings. The van der Waals surface area contributed by atoms with Crippen LogP contribution in [-0.4, -0.2) is 28.7 Å². The van der Waals surface area contributed by atoms with Crippen molar-refractivity contribution in [3.63, 3.8) is 0 Å². The topological polar surface area (TPSA) is 125 Å². The smallest absolute Gasteiger partial charge is 0.312 e. The van der Waals surface area contributed by atoms with Gasteiger partial charge in [0, 0.05) is 10.3 Å². The molecule has 0 spiro atoms. The molecule has 2 heterocycles. The van der Waals surface area contributed by atoms with Crippen LogP contribution in [0.15, 0.2) is 29.1 Å². The number of carbonyl (C=O) groups is 2. The second-order valence-corrected chi connectivity index (χ2v) is 8.42. The largest absolute Gasteiger partial charge is 0.455 e. The van der Waals surface area contributed by atoms with Gasteiger partial charge < -0.3 is 10.1 Å². The van der Waals surface area contributed by atoms with E-state index in [9.17, 15) is 19.6 Å². The predicted molar refractivity (Wildman–Crippen MR) is 116 cm³/mol. The number of carbonyl (C=O) groups excluding carboxylic acids is 2. The third-order valence-corrected chi connectivity index (χ3v) is 6.44. The summed E-state index contributed by atoms with van der Waals surface area (Å²) in [6.07, 6.45) is 4.85. The lowest BCUT2D eigenvalue weighted by Crippen LogP contribution is -2.22.